The summed E-state index contributed by atoms with van der Waals surface area (Å²) in [7, 11) is 0. The van der Waals surface area contributed by atoms with Gasteiger partial charge in [0.1, 0.15) is 0 Å². The van der Waals surface area contributed by atoms with Gasteiger partial charge in [-0.05, 0) is 25.0 Å². The van der Waals surface area contributed by atoms with Crippen LogP contribution in [0.1, 0.15) is 24.0 Å². The molecule has 1 aromatic carbocycles. The summed E-state index contributed by atoms with van der Waals surface area (Å²) < 4.78 is 31.7. The van der Waals surface area contributed by atoms with Crippen LogP contribution in [0.15, 0.2) is 35.5 Å². The summed E-state index contributed by atoms with van der Waals surface area (Å²) in [4.78, 5) is 24.9. The quantitative estimate of drug-likeness (QED) is 0.837. The lowest BCUT2D eigenvalue weighted by Gasteiger charge is -2.18. The first-order valence-electron chi connectivity index (χ1n) is 6.35. The molecule has 0 spiro atoms. The number of halogens is 4. The number of ketones is 1. The lowest BCUT2D eigenvalue weighted by Crippen LogP contribution is -2.21. The van der Waals surface area contributed by atoms with Crippen molar-refractivity contribution in [1.29, 1.82) is 0 Å². The number of benzene rings is 1. The van der Waals surface area contributed by atoms with Crippen molar-refractivity contribution in [3.05, 3.63) is 46.6 Å². The topological polar surface area (TPSA) is 66.7 Å². The predicted molar refractivity (Wildman–Crippen MR) is 79.9 cm³/mol. The molecule has 0 saturated carbocycles. The van der Waals surface area contributed by atoms with Crippen molar-refractivity contribution >= 4 is 29.1 Å². The summed E-state index contributed by atoms with van der Waals surface area (Å²) >= 11 is 6.23. The molecule has 1 aliphatic rings. The number of aliphatic carboxylic acids is 1. The Balaban J connectivity index is 0.000000322. The molecule has 0 aromatic heterocycles. The van der Waals surface area contributed by atoms with Crippen molar-refractivity contribution in [2.45, 2.75) is 25.9 Å². The first-order chi connectivity index (χ1) is 10.6. The van der Waals surface area contributed by atoms with Crippen LogP contribution in [0.5, 0.6) is 0 Å². The van der Waals surface area contributed by atoms with E-state index in [9.17, 15) is 18.0 Å². The van der Waals surface area contributed by atoms with E-state index in [1.54, 1.807) is 0 Å². The lowest BCUT2D eigenvalue weighted by atomic mass is 9.88. The Bertz CT molecular complexity index is 681. The van der Waals surface area contributed by atoms with Gasteiger partial charge < -0.3 is 5.11 Å². The molecule has 124 valence electrons. The molecule has 4 nitrogen and oxygen atoms in total. The van der Waals surface area contributed by atoms with E-state index in [0.29, 0.717) is 5.02 Å². The number of rotatable bonds is 1. The molecule has 0 aliphatic carbocycles. The Kier molecular flexibility index (Phi) is 6.09. The van der Waals surface area contributed by atoms with Gasteiger partial charge in [0, 0.05) is 23.0 Å². The van der Waals surface area contributed by atoms with Crippen LogP contribution in [0.3, 0.4) is 0 Å². The van der Waals surface area contributed by atoms with Gasteiger partial charge in [0.2, 0.25) is 0 Å². The molecule has 0 fully saturated rings. The highest BCUT2D eigenvalue weighted by Gasteiger charge is 2.38. The maximum atomic E-state index is 11.8. The van der Waals surface area contributed by atoms with Gasteiger partial charge in [-0.2, -0.15) is 13.2 Å². The van der Waals surface area contributed by atoms with Crippen LogP contribution in [-0.4, -0.2) is 28.7 Å². The molecule has 0 amide bonds. The summed E-state index contributed by atoms with van der Waals surface area (Å²) in [6.45, 7) is 3.78. The summed E-state index contributed by atoms with van der Waals surface area (Å²) in [5.41, 5.74) is 2.62. The zero-order valence-corrected chi connectivity index (χ0v) is 12.9. The van der Waals surface area contributed by atoms with Gasteiger partial charge >= 0.3 is 12.1 Å². The van der Waals surface area contributed by atoms with Crippen LogP contribution in [-0.2, 0) is 9.59 Å². The first-order valence-corrected chi connectivity index (χ1v) is 6.73. The Labute approximate surface area is 135 Å². The molecule has 0 radical (unpaired) electrons. The number of carbonyl (C=O) groups is 2. The Morgan fingerprint density at radius 1 is 1.30 bits per heavy atom. The standard InChI is InChI=1S/C13H12ClNO.C2HF3O2/c1-8-4-3-5-10(13(8)14)12-9(2)15-7-6-11(12)16;3-2(4,5)1(6)7/h3-7,12H,1-2H3;(H,6,7). The van der Waals surface area contributed by atoms with E-state index in [-0.39, 0.29) is 11.7 Å². The van der Waals surface area contributed by atoms with Gasteiger partial charge in [-0.25, -0.2) is 4.79 Å². The van der Waals surface area contributed by atoms with Crippen molar-refractivity contribution in [2.75, 3.05) is 0 Å². The molecule has 1 aliphatic heterocycles. The zero-order chi connectivity index (χ0) is 17.8. The van der Waals surface area contributed by atoms with Gasteiger partial charge in [-0.1, -0.05) is 29.8 Å². The minimum Gasteiger partial charge on any atom is -0.475 e. The summed E-state index contributed by atoms with van der Waals surface area (Å²) in [6.07, 6.45) is -2.05. The van der Waals surface area contributed by atoms with Crippen molar-refractivity contribution in [1.82, 2.24) is 0 Å². The van der Waals surface area contributed by atoms with Gasteiger partial charge in [0.15, 0.2) is 5.78 Å². The monoisotopic (exact) mass is 347 g/mol. The third kappa shape index (κ3) is 4.92. The minimum absolute atomic E-state index is 0.0417. The number of aliphatic imine (C=N–C) groups is 1. The maximum absolute atomic E-state index is 11.8. The van der Waals surface area contributed by atoms with E-state index in [1.165, 1.54) is 12.3 Å². The van der Waals surface area contributed by atoms with E-state index >= 15 is 0 Å². The number of hydrogen-bond acceptors (Lipinski definition) is 3. The first kappa shape index (κ1) is 18.9. The fourth-order valence-electron chi connectivity index (χ4n) is 1.88. The number of hydrogen-bond donors (Lipinski definition) is 1. The fourth-order valence-corrected chi connectivity index (χ4v) is 2.11. The maximum Gasteiger partial charge on any atom is 0.490 e. The number of aryl methyl sites for hydroxylation is 1. The molecule has 1 unspecified atom stereocenters. The SMILES string of the molecule is CC1=NC=CC(=O)C1c1cccc(C)c1Cl.O=C(O)C(F)(F)F. The van der Waals surface area contributed by atoms with Crippen LogP contribution >= 0.6 is 11.6 Å². The van der Waals surface area contributed by atoms with Crippen LogP contribution in [0.25, 0.3) is 0 Å². The molecule has 1 aromatic rings. The normalized spacial score (nSPS) is 17.2. The number of alkyl halides is 3. The largest absolute Gasteiger partial charge is 0.490 e. The Morgan fingerprint density at radius 2 is 1.87 bits per heavy atom. The fraction of sp³-hybridized carbons (Fsp3) is 0.267. The Hall–Kier alpha value is -2.15. The van der Waals surface area contributed by atoms with Crippen molar-refractivity contribution in [2.24, 2.45) is 4.99 Å². The van der Waals surface area contributed by atoms with Gasteiger partial charge in [-0.3, -0.25) is 9.79 Å². The summed E-state index contributed by atoms with van der Waals surface area (Å²) in [5, 5.41) is 7.78. The van der Waals surface area contributed by atoms with E-state index in [0.717, 1.165) is 16.8 Å². The average molecular weight is 348 g/mol. The number of allylic oxidation sites excluding steroid dienone is 1. The molecular formula is C15H13ClF3NO3. The van der Waals surface area contributed by atoms with E-state index < -0.39 is 12.1 Å². The minimum atomic E-state index is -5.08. The highest BCUT2D eigenvalue weighted by molar-refractivity contribution is 6.33. The van der Waals surface area contributed by atoms with Gasteiger partial charge in [0.25, 0.3) is 0 Å². The van der Waals surface area contributed by atoms with Crippen LogP contribution in [0.2, 0.25) is 5.02 Å². The van der Waals surface area contributed by atoms with Crippen molar-refractivity contribution < 1.29 is 27.9 Å². The number of carboxylic acid groups (broad SMARTS) is 1. The molecule has 0 saturated heterocycles. The average Bonchev–Trinajstić information content (AvgIpc) is 2.43. The second kappa shape index (κ2) is 7.41. The number of carbonyl (C=O) groups excluding carboxylic acids is 1. The lowest BCUT2D eigenvalue weighted by molar-refractivity contribution is -0.192. The van der Waals surface area contributed by atoms with Crippen molar-refractivity contribution in [3.63, 3.8) is 0 Å². The summed E-state index contributed by atoms with van der Waals surface area (Å²) in [6, 6.07) is 5.73. The second-order valence-electron chi connectivity index (χ2n) is 4.70. The van der Waals surface area contributed by atoms with Crippen LogP contribution in [0, 0.1) is 6.92 Å². The predicted octanol–water partition coefficient (Wildman–Crippen LogP) is 3.92. The number of carboxylic acids is 1. The third-order valence-corrected chi connectivity index (χ3v) is 3.51. The second-order valence-corrected chi connectivity index (χ2v) is 5.08. The number of nitrogens with zero attached hydrogens (tertiary/aromatic N) is 1. The van der Waals surface area contributed by atoms with Crippen LogP contribution < -0.4 is 0 Å². The molecule has 0 bridgehead atoms. The van der Waals surface area contributed by atoms with Gasteiger partial charge in [0.05, 0.1) is 5.92 Å². The molecule has 8 heteroatoms. The van der Waals surface area contributed by atoms with Crippen molar-refractivity contribution in [3.8, 4) is 0 Å². The molecule has 1 atom stereocenters. The van der Waals surface area contributed by atoms with E-state index in [4.69, 9.17) is 21.5 Å². The molecule has 1 N–H and O–H groups in total. The Morgan fingerprint density at radius 3 is 2.35 bits per heavy atom. The van der Waals surface area contributed by atoms with Gasteiger partial charge in [-0.15, -0.1) is 0 Å². The molecular weight excluding hydrogens is 335 g/mol. The highest BCUT2D eigenvalue weighted by atomic mass is 35.5. The molecule has 2 rings (SSSR count). The third-order valence-electron chi connectivity index (χ3n) is 2.99. The van der Waals surface area contributed by atoms with E-state index in [2.05, 4.69) is 4.99 Å². The van der Waals surface area contributed by atoms with Crippen LogP contribution in [0.4, 0.5) is 13.2 Å². The molecule has 1 heterocycles. The highest BCUT2D eigenvalue weighted by Crippen LogP contribution is 2.30. The smallest absolute Gasteiger partial charge is 0.475 e. The summed E-state index contributed by atoms with van der Waals surface area (Å²) in [5.74, 6) is -3.04. The van der Waals surface area contributed by atoms with E-state index in [1.807, 2.05) is 32.0 Å². The molecule has 23 heavy (non-hydrogen) atoms. The zero-order valence-electron chi connectivity index (χ0n) is 12.2.